The van der Waals surface area contributed by atoms with Crippen molar-refractivity contribution in [2.24, 2.45) is 0 Å². The Bertz CT molecular complexity index is 709. The summed E-state index contributed by atoms with van der Waals surface area (Å²) in [5.41, 5.74) is 3.53. The minimum Gasteiger partial charge on any atom is -0.488 e. The van der Waals surface area contributed by atoms with Crippen molar-refractivity contribution in [2.45, 2.75) is 33.5 Å². The molecule has 0 aliphatic rings. The summed E-state index contributed by atoms with van der Waals surface area (Å²) in [7, 11) is 1.24. The van der Waals surface area contributed by atoms with Gasteiger partial charge in [-0.25, -0.2) is 4.79 Å². The molecule has 2 aromatic rings. The van der Waals surface area contributed by atoms with Gasteiger partial charge in [0.1, 0.15) is 18.1 Å². The van der Waals surface area contributed by atoms with Crippen molar-refractivity contribution in [3.05, 3.63) is 58.7 Å². The first kappa shape index (κ1) is 17.8. The van der Waals surface area contributed by atoms with E-state index in [0.717, 1.165) is 17.7 Å². The molecule has 0 unspecified atom stereocenters. The third-order valence-corrected chi connectivity index (χ3v) is 3.73. The van der Waals surface area contributed by atoms with E-state index in [0.29, 0.717) is 16.9 Å². The summed E-state index contributed by atoms with van der Waals surface area (Å²) in [6.45, 7) is 4.10. The van der Waals surface area contributed by atoms with Crippen LogP contribution in [-0.2, 0) is 24.4 Å². The third-order valence-electron chi connectivity index (χ3n) is 3.73. The fraction of sp³-hybridized carbons (Fsp3) is 0.316. The largest absolute Gasteiger partial charge is 0.513 e. The van der Waals surface area contributed by atoms with Crippen LogP contribution in [-0.4, -0.2) is 18.4 Å². The van der Waals surface area contributed by atoms with Crippen LogP contribution in [0.2, 0.25) is 0 Å². The lowest BCUT2D eigenvalue weighted by Gasteiger charge is -2.16. The van der Waals surface area contributed by atoms with Crippen molar-refractivity contribution in [1.29, 1.82) is 0 Å². The summed E-state index contributed by atoms with van der Waals surface area (Å²) in [6.07, 6.45) is 0.0420. The predicted octanol–water partition coefficient (Wildman–Crippen LogP) is 3.77. The number of hydrogen-bond acceptors (Lipinski definition) is 5. The highest BCUT2D eigenvalue weighted by Gasteiger charge is 2.14. The molecule has 0 aliphatic heterocycles. The highest BCUT2D eigenvalue weighted by atomic mass is 16.7. The topological polar surface area (TPSA) is 65.0 Å². The number of carbonyl (C=O) groups is 1. The molecule has 0 atom stereocenters. The highest BCUT2D eigenvalue weighted by Crippen LogP contribution is 2.27. The zero-order chi connectivity index (χ0) is 17.5. The van der Waals surface area contributed by atoms with E-state index >= 15 is 0 Å². The second-order valence-electron chi connectivity index (χ2n) is 5.36. The summed E-state index contributed by atoms with van der Waals surface area (Å²) in [5.74, 6) is 1.10. The molecule has 24 heavy (non-hydrogen) atoms. The van der Waals surface area contributed by atoms with E-state index < -0.39 is 6.16 Å². The Morgan fingerprint density at radius 3 is 2.58 bits per heavy atom. The molecule has 0 radical (unpaired) electrons. The predicted molar refractivity (Wildman–Crippen MR) is 90.3 cm³/mol. The van der Waals surface area contributed by atoms with Gasteiger partial charge < -0.3 is 19.3 Å². The molecule has 5 nitrogen and oxygen atoms in total. The number of rotatable bonds is 6. The summed E-state index contributed by atoms with van der Waals surface area (Å²) in [4.78, 5) is 11.4. The summed E-state index contributed by atoms with van der Waals surface area (Å²) < 4.78 is 15.6. The van der Waals surface area contributed by atoms with Gasteiger partial charge in [0.2, 0.25) is 0 Å². The maximum atomic E-state index is 11.4. The lowest BCUT2D eigenvalue weighted by atomic mass is 10.1. The van der Waals surface area contributed by atoms with Crippen LogP contribution in [0.15, 0.2) is 36.4 Å². The lowest BCUT2D eigenvalue weighted by molar-refractivity contribution is 0.120. The van der Waals surface area contributed by atoms with Gasteiger partial charge in [-0.15, -0.1) is 0 Å². The molecule has 0 heterocycles. The van der Waals surface area contributed by atoms with Crippen LogP contribution in [0.5, 0.6) is 11.5 Å². The van der Waals surface area contributed by atoms with Gasteiger partial charge in [-0.05, 0) is 36.6 Å². The van der Waals surface area contributed by atoms with Crippen molar-refractivity contribution < 1.29 is 24.1 Å². The Balaban J connectivity index is 2.26. The van der Waals surface area contributed by atoms with Gasteiger partial charge in [0.15, 0.2) is 0 Å². The molecule has 0 saturated carbocycles. The van der Waals surface area contributed by atoms with E-state index in [4.69, 9.17) is 9.47 Å². The molecule has 0 bridgehead atoms. The first-order chi connectivity index (χ1) is 11.6. The number of hydrogen-bond donors (Lipinski definition) is 1. The second-order valence-corrected chi connectivity index (χ2v) is 5.36. The van der Waals surface area contributed by atoms with Gasteiger partial charge in [0, 0.05) is 5.56 Å². The van der Waals surface area contributed by atoms with Gasteiger partial charge in [-0.1, -0.05) is 36.8 Å². The fourth-order valence-corrected chi connectivity index (χ4v) is 2.43. The quantitative estimate of drug-likeness (QED) is 0.645. The summed E-state index contributed by atoms with van der Waals surface area (Å²) in [5, 5.41) is 9.54. The number of aliphatic hydroxyl groups excluding tert-OH is 1. The maximum Gasteiger partial charge on any atom is 0.513 e. The number of ether oxygens (including phenoxy) is 3. The third kappa shape index (κ3) is 4.26. The van der Waals surface area contributed by atoms with Crippen LogP contribution in [0.3, 0.4) is 0 Å². The van der Waals surface area contributed by atoms with Gasteiger partial charge in [0.05, 0.1) is 13.7 Å². The molecule has 0 aliphatic carbocycles. The normalized spacial score (nSPS) is 10.3. The van der Waals surface area contributed by atoms with Crippen LogP contribution < -0.4 is 9.47 Å². The fourth-order valence-electron chi connectivity index (χ4n) is 2.43. The average molecular weight is 330 g/mol. The van der Waals surface area contributed by atoms with Crippen LogP contribution >= 0.6 is 0 Å². The number of carbonyl (C=O) groups excluding carboxylic acids is 1. The molecule has 0 aromatic heterocycles. The van der Waals surface area contributed by atoms with Crippen LogP contribution in [0, 0.1) is 6.92 Å². The second kappa shape index (κ2) is 8.36. The number of aryl methyl sites for hydroxylation is 2. The standard InChI is InChI=1S/C19H22O5/c1-4-14-10-13(2)8-9-17(14)23-12-16-15(11-20)6-5-7-18(16)24-19(21)22-3/h5-10,20H,4,11-12H2,1-3H3. The van der Waals surface area contributed by atoms with E-state index in [-0.39, 0.29) is 13.2 Å². The molecule has 2 aromatic carbocycles. The van der Waals surface area contributed by atoms with Crippen LogP contribution in [0.4, 0.5) is 4.79 Å². The minimum absolute atomic E-state index is 0.175. The van der Waals surface area contributed by atoms with E-state index in [2.05, 4.69) is 17.7 Å². The monoisotopic (exact) mass is 330 g/mol. The highest BCUT2D eigenvalue weighted by molar-refractivity contribution is 5.64. The molecular weight excluding hydrogens is 308 g/mol. The molecule has 0 saturated heterocycles. The van der Waals surface area contributed by atoms with Gasteiger partial charge in [-0.2, -0.15) is 0 Å². The van der Waals surface area contributed by atoms with Crippen LogP contribution in [0.1, 0.15) is 29.2 Å². The maximum absolute atomic E-state index is 11.4. The zero-order valence-electron chi connectivity index (χ0n) is 14.2. The van der Waals surface area contributed by atoms with Crippen molar-refractivity contribution in [3.8, 4) is 11.5 Å². The first-order valence-electron chi connectivity index (χ1n) is 7.78. The number of methoxy groups -OCH3 is 1. The average Bonchev–Trinajstić information content (AvgIpc) is 2.60. The van der Waals surface area contributed by atoms with Crippen molar-refractivity contribution in [1.82, 2.24) is 0 Å². The zero-order valence-corrected chi connectivity index (χ0v) is 14.2. The molecule has 0 fully saturated rings. The molecule has 5 heteroatoms. The number of aliphatic hydroxyl groups is 1. The van der Waals surface area contributed by atoms with Gasteiger partial charge in [0.25, 0.3) is 0 Å². The lowest BCUT2D eigenvalue weighted by Crippen LogP contribution is -2.11. The first-order valence-corrected chi connectivity index (χ1v) is 7.78. The van der Waals surface area contributed by atoms with Crippen molar-refractivity contribution in [3.63, 3.8) is 0 Å². The Morgan fingerprint density at radius 2 is 1.92 bits per heavy atom. The Labute approximate surface area is 141 Å². The summed E-state index contributed by atoms with van der Waals surface area (Å²) >= 11 is 0. The minimum atomic E-state index is -0.809. The van der Waals surface area contributed by atoms with Crippen molar-refractivity contribution in [2.75, 3.05) is 7.11 Å². The Morgan fingerprint density at radius 1 is 1.12 bits per heavy atom. The molecule has 2 rings (SSSR count). The summed E-state index contributed by atoms with van der Waals surface area (Å²) in [6, 6.07) is 11.1. The van der Waals surface area contributed by atoms with Gasteiger partial charge in [-0.3, -0.25) is 0 Å². The molecule has 0 spiro atoms. The Kier molecular flexibility index (Phi) is 6.21. The smallest absolute Gasteiger partial charge is 0.488 e. The van der Waals surface area contributed by atoms with Gasteiger partial charge >= 0.3 is 6.16 Å². The molecule has 128 valence electrons. The molecule has 0 amide bonds. The van der Waals surface area contributed by atoms with E-state index in [9.17, 15) is 9.90 Å². The van der Waals surface area contributed by atoms with Crippen LogP contribution in [0.25, 0.3) is 0 Å². The van der Waals surface area contributed by atoms with E-state index in [1.165, 1.54) is 12.7 Å². The molecular formula is C19H22O5. The molecule has 1 N–H and O–H groups in total. The number of benzene rings is 2. The Hall–Kier alpha value is -2.53. The van der Waals surface area contributed by atoms with Crippen molar-refractivity contribution >= 4 is 6.16 Å². The van der Waals surface area contributed by atoms with E-state index in [1.54, 1.807) is 18.2 Å². The van der Waals surface area contributed by atoms with E-state index in [1.807, 2.05) is 19.1 Å². The SMILES string of the molecule is CCc1cc(C)ccc1OCc1c(CO)cccc1OC(=O)OC.